The van der Waals surface area contributed by atoms with Crippen LogP contribution in [0.1, 0.15) is 19.3 Å². The number of carbonyl (C=O) groups excluding carboxylic acids is 2. The quantitative estimate of drug-likeness (QED) is 0.387. The Morgan fingerprint density at radius 1 is 1.29 bits per heavy atom. The fourth-order valence-corrected chi connectivity index (χ4v) is 2.59. The molecule has 0 heterocycles. The lowest BCUT2D eigenvalue weighted by Crippen LogP contribution is -2.22. The third kappa shape index (κ3) is 1.47. The first kappa shape index (κ1) is 9.44. The summed E-state index contributed by atoms with van der Waals surface area (Å²) in [5.74, 6) is 0.471. The van der Waals surface area contributed by atoms with E-state index in [4.69, 9.17) is 0 Å². The highest BCUT2D eigenvalue weighted by Crippen LogP contribution is 2.45. The zero-order valence-corrected chi connectivity index (χ0v) is 8.23. The van der Waals surface area contributed by atoms with Crippen molar-refractivity contribution in [3.8, 4) is 0 Å². The van der Waals surface area contributed by atoms with Crippen LogP contribution in [-0.2, 0) is 14.3 Å². The van der Waals surface area contributed by atoms with Crippen molar-refractivity contribution in [3.63, 3.8) is 0 Å². The maximum Gasteiger partial charge on any atom is 0.313 e. The van der Waals surface area contributed by atoms with Gasteiger partial charge in [-0.2, -0.15) is 0 Å². The molecule has 0 aliphatic heterocycles. The summed E-state index contributed by atoms with van der Waals surface area (Å²) in [5.41, 5.74) is 0. The van der Waals surface area contributed by atoms with Gasteiger partial charge in [0.2, 0.25) is 0 Å². The Hall–Kier alpha value is -1.12. The number of methoxy groups -OCH3 is 1. The van der Waals surface area contributed by atoms with Gasteiger partial charge in [0.25, 0.3) is 0 Å². The molecule has 14 heavy (non-hydrogen) atoms. The predicted octanol–water partition coefficient (Wildman–Crippen LogP) is 1.33. The van der Waals surface area contributed by atoms with Crippen LogP contribution >= 0.6 is 0 Å². The molecule has 3 heteroatoms. The Bertz CT molecular complexity index is 279. The van der Waals surface area contributed by atoms with E-state index >= 15 is 0 Å². The van der Waals surface area contributed by atoms with Gasteiger partial charge in [0.05, 0.1) is 7.11 Å². The second-order valence-corrected chi connectivity index (χ2v) is 4.03. The van der Waals surface area contributed by atoms with Crippen molar-refractivity contribution in [1.29, 1.82) is 0 Å². The summed E-state index contributed by atoms with van der Waals surface area (Å²) < 4.78 is 4.49. The van der Waals surface area contributed by atoms with E-state index in [9.17, 15) is 9.59 Å². The topological polar surface area (TPSA) is 43.4 Å². The Morgan fingerprint density at radius 2 is 1.86 bits per heavy atom. The lowest BCUT2D eigenvalue weighted by Gasteiger charge is -2.12. The van der Waals surface area contributed by atoms with Crippen molar-refractivity contribution < 1.29 is 14.3 Å². The van der Waals surface area contributed by atoms with Crippen LogP contribution in [-0.4, -0.2) is 18.9 Å². The molecule has 0 N–H and O–H groups in total. The van der Waals surface area contributed by atoms with Crippen molar-refractivity contribution in [1.82, 2.24) is 0 Å². The Labute approximate surface area is 83.1 Å². The van der Waals surface area contributed by atoms with Gasteiger partial charge in [-0.1, -0.05) is 12.2 Å². The molecule has 0 spiro atoms. The van der Waals surface area contributed by atoms with E-state index in [1.54, 1.807) is 0 Å². The first-order valence-electron chi connectivity index (χ1n) is 5.00. The van der Waals surface area contributed by atoms with E-state index < -0.39 is 5.97 Å². The third-order valence-electron chi connectivity index (χ3n) is 3.28. The molecule has 3 atom stereocenters. The highest BCUT2D eigenvalue weighted by atomic mass is 16.5. The minimum atomic E-state index is -0.415. The van der Waals surface area contributed by atoms with E-state index in [0.29, 0.717) is 11.8 Å². The van der Waals surface area contributed by atoms with Crippen LogP contribution in [0.5, 0.6) is 0 Å². The maximum atomic E-state index is 11.7. The standard InChI is InChI=1S/C11H14O3/c1-14-10(13)6-9(12)11-7-2-3-8(11)5-4-7/h2-3,7-8,11H,4-6H2,1H3/t7-,8+,11?. The monoisotopic (exact) mass is 194 g/mol. The van der Waals surface area contributed by atoms with E-state index in [1.807, 2.05) is 0 Å². The molecular formula is C11H14O3. The number of allylic oxidation sites excluding steroid dienone is 2. The number of hydrogen-bond donors (Lipinski definition) is 0. The number of ketones is 1. The molecular weight excluding hydrogens is 180 g/mol. The normalized spacial score (nSPS) is 33.4. The number of fused-ring (bicyclic) bond motifs is 2. The average Bonchev–Trinajstić information content (AvgIpc) is 2.76. The number of rotatable bonds is 3. The highest BCUT2D eigenvalue weighted by Gasteiger charge is 2.42. The second kappa shape index (κ2) is 3.56. The van der Waals surface area contributed by atoms with Crippen LogP contribution < -0.4 is 0 Å². The molecule has 76 valence electrons. The Morgan fingerprint density at radius 3 is 2.29 bits per heavy atom. The van der Waals surface area contributed by atoms with E-state index in [-0.39, 0.29) is 18.1 Å². The minimum absolute atomic E-state index is 0.0503. The van der Waals surface area contributed by atoms with Gasteiger partial charge < -0.3 is 4.74 Å². The smallest absolute Gasteiger partial charge is 0.313 e. The van der Waals surface area contributed by atoms with Crippen molar-refractivity contribution in [3.05, 3.63) is 12.2 Å². The van der Waals surface area contributed by atoms with Crippen LogP contribution in [0.4, 0.5) is 0 Å². The summed E-state index contributed by atoms with van der Waals surface area (Å²) in [4.78, 5) is 22.7. The van der Waals surface area contributed by atoms with Gasteiger partial charge in [-0.3, -0.25) is 9.59 Å². The second-order valence-electron chi connectivity index (χ2n) is 4.03. The Kier molecular flexibility index (Phi) is 2.40. The number of carbonyl (C=O) groups is 2. The summed E-state index contributed by atoms with van der Waals surface area (Å²) in [5, 5.41) is 0. The molecule has 0 aromatic heterocycles. The third-order valence-corrected chi connectivity index (χ3v) is 3.28. The molecule has 1 fully saturated rings. The van der Waals surface area contributed by atoms with Gasteiger partial charge >= 0.3 is 5.97 Å². The highest BCUT2D eigenvalue weighted by molar-refractivity contribution is 5.97. The summed E-state index contributed by atoms with van der Waals surface area (Å²) in [6.07, 6.45) is 6.37. The molecule has 2 aliphatic rings. The van der Waals surface area contributed by atoms with Crippen molar-refractivity contribution >= 4 is 11.8 Å². The fraction of sp³-hybridized carbons (Fsp3) is 0.636. The van der Waals surface area contributed by atoms with Crippen LogP contribution in [0.25, 0.3) is 0 Å². The maximum absolute atomic E-state index is 11.7. The summed E-state index contributed by atoms with van der Waals surface area (Å²) in [6.45, 7) is 0. The zero-order chi connectivity index (χ0) is 10.1. The molecule has 2 aliphatic carbocycles. The Balaban J connectivity index is 1.97. The van der Waals surface area contributed by atoms with E-state index in [1.165, 1.54) is 7.11 Å². The number of Topliss-reactive ketones (excluding diaryl/α,β-unsaturated/α-hetero) is 1. The lowest BCUT2D eigenvalue weighted by atomic mass is 9.90. The molecule has 3 nitrogen and oxygen atoms in total. The molecule has 0 radical (unpaired) electrons. The lowest BCUT2D eigenvalue weighted by molar-refractivity contribution is -0.144. The first-order valence-corrected chi connectivity index (χ1v) is 5.00. The number of esters is 1. The average molecular weight is 194 g/mol. The molecule has 0 aromatic carbocycles. The summed E-state index contributed by atoms with van der Waals surface area (Å²) >= 11 is 0. The van der Waals surface area contributed by atoms with Crippen LogP contribution in [0, 0.1) is 17.8 Å². The fourth-order valence-electron chi connectivity index (χ4n) is 2.59. The molecule has 0 amide bonds. The van der Waals surface area contributed by atoms with Crippen LogP contribution in [0.15, 0.2) is 12.2 Å². The largest absolute Gasteiger partial charge is 0.469 e. The van der Waals surface area contributed by atoms with Crippen LogP contribution in [0.2, 0.25) is 0 Å². The zero-order valence-electron chi connectivity index (χ0n) is 8.23. The predicted molar refractivity (Wildman–Crippen MR) is 50.5 cm³/mol. The minimum Gasteiger partial charge on any atom is -0.469 e. The molecule has 0 saturated heterocycles. The first-order chi connectivity index (χ1) is 6.72. The molecule has 1 unspecified atom stereocenters. The van der Waals surface area contributed by atoms with Crippen LogP contribution in [0.3, 0.4) is 0 Å². The number of ether oxygens (including phenoxy) is 1. The molecule has 0 aromatic rings. The van der Waals surface area contributed by atoms with Gasteiger partial charge in [0, 0.05) is 5.92 Å². The SMILES string of the molecule is COC(=O)CC(=O)C1[C@@H]2C=C[C@H]1CC2. The van der Waals surface area contributed by atoms with E-state index in [0.717, 1.165) is 12.8 Å². The van der Waals surface area contributed by atoms with Gasteiger partial charge in [0.15, 0.2) is 0 Å². The van der Waals surface area contributed by atoms with Crippen molar-refractivity contribution in [2.24, 2.45) is 17.8 Å². The summed E-state index contributed by atoms with van der Waals surface area (Å²) in [6, 6.07) is 0. The van der Waals surface area contributed by atoms with Gasteiger partial charge in [-0.15, -0.1) is 0 Å². The van der Waals surface area contributed by atoms with Gasteiger partial charge in [0.1, 0.15) is 12.2 Å². The molecule has 2 rings (SSSR count). The van der Waals surface area contributed by atoms with Crippen molar-refractivity contribution in [2.75, 3.05) is 7.11 Å². The van der Waals surface area contributed by atoms with Gasteiger partial charge in [-0.25, -0.2) is 0 Å². The van der Waals surface area contributed by atoms with Crippen molar-refractivity contribution in [2.45, 2.75) is 19.3 Å². The number of hydrogen-bond acceptors (Lipinski definition) is 3. The summed E-state index contributed by atoms with van der Waals surface area (Å²) in [7, 11) is 1.32. The van der Waals surface area contributed by atoms with Gasteiger partial charge in [-0.05, 0) is 24.7 Å². The molecule has 2 bridgehead atoms. The molecule has 1 saturated carbocycles. The van der Waals surface area contributed by atoms with E-state index in [2.05, 4.69) is 16.9 Å².